The molecule has 0 bridgehead atoms. The molecule has 3 rings (SSSR count). The van der Waals surface area contributed by atoms with Crippen LogP contribution < -0.4 is 0 Å². The predicted molar refractivity (Wildman–Crippen MR) is 87.3 cm³/mol. The first-order chi connectivity index (χ1) is 11.6. The van der Waals surface area contributed by atoms with Gasteiger partial charge in [-0.3, -0.25) is 9.59 Å². The van der Waals surface area contributed by atoms with Gasteiger partial charge in [-0.05, 0) is 24.3 Å². The minimum Gasteiger partial charge on any atom is -0.267 e. The molecule has 7 heteroatoms. The van der Waals surface area contributed by atoms with Gasteiger partial charge in [0.1, 0.15) is 0 Å². The lowest BCUT2D eigenvalue weighted by atomic mass is 10.1. The van der Waals surface area contributed by atoms with Crippen LogP contribution in [0.2, 0.25) is 0 Å². The molecule has 0 radical (unpaired) electrons. The Morgan fingerprint density at radius 3 is 2.04 bits per heavy atom. The number of nitriles is 1. The lowest BCUT2D eigenvalue weighted by Crippen LogP contribution is -2.26. The van der Waals surface area contributed by atoms with Gasteiger partial charge in [0.05, 0.1) is 32.7 Å². The third kappa shape index (κ3) is 2.68. The van der Waals surface area contributed by atoms with Crippen molar-refractivity contribution in [3.05, 3.63) is 65.7 Å². The van der Waals surface area contributed by atoms with E-state index >= 15 is 0 Å². The highest BCUT2D eigenvalue weighted by molar-refractivity contribution is 7.93. The molecule has 0 aromatic heterocycles. The largest absolute Gasteiger partial charge is 0.282 e. The van der Waals surface area contributed by atoms with Crippen molar-refractivity contribution in [2.45, 2.75) is 11.3 Å². The summed E-state index contributed by atoms with van der Waals surface area (Å²) < 4.78 is 17.3. The zero-order valence-corrected chi connectivity index (χ0v) is 13.4. The van der Waals surface area contributed by atoms with E-state index in [9.17, 15) is 13.8 Å². The number of amides is 2. The quantitative estimate of drug-likeness (QED) is 0.801. The lowest BCUT2D eigenvalue weighted by Gasteiger charge is -2.13. The van der Waals surface area contributed by atoms with Gasteiger partial charge in [-0.25, -0.2) is 4.21 Å². The standard InChI is InChI=1S/C17H13N3O3S/c18-11-6-12-24(23,13-7-2-1-3-8-13)19-20-16(21)14-9-4-5-10-15(14)17(20)22/h1-5,7-10H,6,12H2. The van der Waals surface area contributed by atoms with Crippen LogP contribution in [0.3, 0.4) is 0 Å². The van der Waals surface area contributed by atoms with E-state index in [2.05, 4.69) is 4.47 Å². The molecule has 2 aromatic rings. The van der Waals surface area contributed by atoms with Crippen LogP contribution in [0.5, 0.6) is 0 Å². The molecule has 2 aromatic carbocycles. The third-order valence-electron chi connectivity index (χ3n) is 3.59. The first-order valence-electron chi connectivity index (χ1n) is 7.21. The topological polar surface area (TPSA) is 90.6 Å². The molecular formula is C17H13N3O3S. The van der Waals surface area contributed by atoms with E-state index in [1.165, 1.54) is 12.1 Å². The van der Waals surface area contributed by atoms with Crippen LogP contribution in [0.4, 0.5) is 0 Å². The highest BCUT2D eigenvalue weighted by atomic mass is 32.2. The fourth-order valence-electron chi connectivity index (χ4n) is 2.41. The second-order valence-electron chi connectivity index (χ2n) is 5.12. The molecular weight excluding hydrogens is 326 g/mol. The van der Waals surface area contributed by atoms with E-state index in [-0.39, 0.29) is 23.3 Å². The fraction of sp³-hybridized carbons (Fsp3) is 0.118. The Balaban J connectivity index is 2.10. The number of imide groups is 1. The Kier molecular flexibility index (Phi) is 4.15. The first-order valence-corrected chi connectivity index (χ1v) is 8.90. The number of fused-ring (bicyclic) bond motifs is 1. The number of rotatable bonds is 4. The molecule has 0 saturated heterocycles. The summed E-state index contributed by atoms with van der Waals surface area (Å²) in [7, 11) is -3.11. The molecule has 0 saturated carbocycles. The number of hydrogen-bond donors (Lipinski definition) is 0. The second kappa shape index (κ2) is 6.26. The zero-order valence-electron chi connectivity index (χ0n) is 12.6. The van der Waals surface area contributed by atoms with Gasteiger partial charge in [0, 0.05) is 11.3 Å². The molecule has 1 unspecified atom stereocenters. The van der Waals surface area contributed by atoms with Crippen LogP contribution in [-0.2, 0) is 9.73 Å². The molecule has 0 N–H and O–H groups in total. The van der Waals surface area contributed by atoms with Crippen LogP contribution in [-0.4, -0.2) is 26.8 Å². The minimum atomic E-state index is -3.11. The molecule has 0 spiro atoms. The lowest BCUT2D eigenvalue weighted by molar-refractivity contribution is 0.0661. The van der Waals surface area contributed by atoms with Crippen LogP contribution in [0, 0.1) is 11.3 Å². The van der Waals surface area contributed by atoms with Crippen molar-refractivity contribution >= 4 is 21.5 Å². The molecule has 24 heavy (non-hydrogen) atoms. The number of carbonyl (C=O) groups is 2. The van der Waals surface area contributed by atoms with E-state index in [4.69, 9.17) is 5.26 Å². The molecule has 1 aliphatic heterocycles. The summed E-state index contributed by atoms with van der Waals surface area (Å²) in [5.74, 6) is -1.26. The predicted octanol–water partition coefficient (Wildman–Crippen LogP) is 2.64. The number of carbonyl (C=O) groups excluding carboxylic acids is 2. The molecule has 1 aliphatic rings. The molecule has 2 amide bonds. The van der Waals surface area contributed by atoms with Crippen LogP contribution in [0.25, 0.3) is 0 Å². The van der Waals surface area contributed by atoms with Gasteiger partial charge in [0.15, 0.2) is 0 Å². The summed E-state index contributed by atoms with van der Waals surface area (Å²) in [6.07, 6.45) is 0.000394. The van der Waals surface area contributed by atoms with E-state index in [0.717, 1.165) is 0 Å². The molecule has 0 fully saturated rings. The maximum Gasteiger partial charge on any atom is 0.282 e. The monoisotopic (exact) mass is 339 g/mol. The highest BCUT2D eigenvalue weighted by Crippen LogP contribution is 2.25. The summed E-state index contributed by atoms with van der Waals surface area (Å²) in [4.78, 5) is 25.2. The van der Waals surface area contributed by atoms with Gasteiger partial charge in [-0.2, -0.15) is 5.26 Å². The van der Waals surface area contributed by atoms with Crippen molar-refractivity contribution in [3.63, 3.8) is 0 Å². The van der Waals surface area contributed by atoms with E-state index in [1.807, 2.05) is 6.07 Å². The normalized spacial score (nSPS) is 15.5. The van der Waals surface area contributed by atoms with Crippen molar-refractivity contribution < 1.29 is 13.8 Å². The Hall–Kier alpha value is -2.98. The molecule has 120 valence electrons. The average molecular weight is 339 g/mol. The van der Waals surface area contributed by atoms with Crippen LogP contribution in [0.1, 0.15) is 27.1 Å². The Morgan fingerprint density at radius 1 is 0.958 bits per heavy atom. The number of hydrogen-bond acceptors (Lipinski definition) is 5. The molecule has 1 heterocycles. The van der Waals surface area contributed by atoms with E-state index < -0.39 is 21.5 Å². The Morgan fingerprint density at radius 2 is 1.50 bits per heavy atom. The summed E-state index contributed by atoms with van der Waals surface area (Å²) in [6.45, 7) is 0. The van der Waals surface area contributed by atoms with Gasteiger partial charge in [-0.1, -0.05) is 30.3 Å². The maximum atomic E-state index is 13.3. The second-order valence-corrected chi connectivity index (χ2v) is 7.44. The Labute approximate surface area is 139 Å². The highest BCUT2D eigenvalue weighted by Gasteiger charge is 2.36. The summed E-state index contributed by atoms with van der Waals surface area (Å²) in [5.41, 5.74) is 0.475. The Bertz CT molecular complexity index is 935. The van der Waals surface area contributed by atoms with Gasteiger partial charge in [0.2, 0.25) is 0 Å². The van der Waals surface area contributed by atoms with Gasteiger partial charge >= 0.3 is 0 Å². The summed E-state index contributed by atoms with van der Waals surface area (Å²) >= 11 is 0. The number of benzene rings is 2. The molecule has 1 atom stereocenters. The SMILES string of the molecule is N#CCCS(=O)(=NN1C(=O)c2ccccc2C1=O)c1ccccc1. The van der Waals surface area contributed by atoms with Crippen molar-refractivity contribution in [2.75, 3.05) is 5.75 Å². The zero-order chi connectivity index (χ0) is 17.2. The van der Waals surface area contributed by atoms with Gasteiger partial charge < -0.3 is 0 Å². The fourth-order valence-corrected chi connectivity index (χ4v) is 4.18. The summed E-state index contributed by atoms with van der Waals surface area (Å²) in [6, 6.07) is 16.7. The molecule has 6 nitrogen and oxygen atoms in total. The first kappa shape index (κ1) is 15.9. The van der Waals surface area contributed by atoms with E-state index in [1.54, 1.807) is 42.5 Å². The van der Waals surface area contributed by atoms with Crippen molar-refractivity contribution in [3.8, 4) is 6.07 Å². The maximum absolute atomic E-state index is 13.3. The number of nitrogens with zero attached hydrogens (tertiary/aromatic N) is 3. The van der Waals surface area contributed by atoms with Crippen LogP contribution in [0.15, 0.2) is 64.0 Å². The third-order valence-corrected chi connectivity index (χ3v) is 5.78. The van der Waals surface area contributed by atoms with E-state index in [0.29, 0.717) is 9.90 Å². The summed E-state index contributed by atoms with van der Waals surface area (Å²) in [5, 5.41) is 9.48. The van der Waals surface area contributed by atoms with Gasteiger partial charge in [-0.15, -0.1) is 9.48 Å². The van der Waals surface area contributed by atoms with Crippen molar-refractivity contribution in [1.29, 1.82) is 5.26 Å². The smallest absolute Gasteiger partial charge is 0.267 e. The molecule has 0 aliphatic carbocycles. The average Bonchev–Trinajstić information content (AvgIpc) is 2.86. The van der Waals surface area contributed by atoms with Crippen molar-refractivity contribution in [2.24, 2.45) is 4.47 Å². The van der Waals surface area contributed by atoms with Crippen molar-refractivity contribution in [1.82, 2.24) is 5.01 Å². The minimum absolute atomic E-state index is 0.000394. The van der Waals surface area contributed by atoms with Gasteiger partial charge in [0.25, 0.3) is 11.8 Å². The van der Waals surface area contributed by atoms with Crippen LogP contribution >= 0.6 is 0 Å².